The lowest BCUT2D eigenvalue weighted by Crippen LogP contribution is -2.21. The minimum atomic E-state index is -0.191. The van der Waals surface area contributed by atoms with E-state index in [2.05, 4.69) is 10.6 Å². The molecule has 0 bridgehead atoms. The molecular formula is C24H26N2O4S. The molecule has 0 aliphatic rings. The number of carbonyl (C=O) groups excluding carboxylic acids is 2. The van der Waals surface area contributed by atoms with Crippen molar-refractivity contribution >= 4 is 28.8 Å². The fourth-order valence-corrected chi connectivity index (χ4v) is 3.49. The van der Waals surface area contributed by atoms with Crippen LogP contribution in [0, 0.1) is 0 Å². The Morgan fingerprint density at radius 1 is 0.903 bits per heavy atom. The van der Waals surface area contributed by atoms with Gasteiger partial charge in [-0.2, -0.15) is 0 Å². The number of rotatable bonds is 11. The Hall–Kier alpha value is -3.00. The minimum Gasteiger partial charge on any atom is -0.379 e. The summed E-state index contributed by atoms with van der Waals surface area (Å²) in [5, 5.41) is 7.65. The van der Waals surface area contributed by atoms with Gasteiger partial charge in [-0.15, -0.1) is 11.3 Å². The molecule has 6 nitrogen and oxygen atoms in total. The van der Waals surface area contributed by atoms with E-state index in [0.717, 1.165) is 11.1 Å². The first-order chi connectivity index (χ1) is 15.2. The second-order valence-electron chi connectivity index (χ2n) is 6.76. The van der Waals surface area contributed by atoms with Crippen molar-refractivity contribution in [2.24, 2.45) is 0 Å². The third kappa shape index (κ3) is 7.32. The molecule has 0 aliphatic heterocycles. The van der Waals surface area contributed by atoms with Gasteiger partial charge in [0, 0.05) is 24.4 Å². The normalized spacial score (nSPS) is 10.6. The van der Waals surface area contributed by atoms with E-state index in [1.54, 1.807) is 18.2 Å². The summed E-state index contributed by atoms with van der Waals surface area (Å²) in [6.07, 6.45) is 0. The molecule has 0 saturated carbocycles. The van der Waals surface area contributed by atoms with Crippen LogP contribution in [0.15, 0.2) is 66.0 Å². The number of thiophene rings is 1. The first-order valence-corrected chi connectivity index (χ1v) is 11.0. The summed E-state index contributed by atoms with van der Waals surface area (Å²) in [5.74, 6) is -0.290. The number of anilines is 1. The second-order valence-corrected chi connectivity index (χ2v) is 7.71. The Morgan fingerprint density at radius 3 is 2.45 bits per heavy atom. The second kappa shape index (κ2) is 12.0. The van der Waals surface area contributed by atoms with Gasteiger partial charge < -0.3 is 20.1 Å². The van der Waals surface area contributed by atoms with Crippen LogP contribution in [0.4, 0.5) is 5.69 Å². The number of hydrogen-bond donors (Lipinski definition) is 2. The van der Waals surface area contributed by atoms with Crippen LogP contribution in [0.3, 0.4) is 0 Å². The van der Waals surface area contributed by atoms with Crippen molar-refractivity contribution in [3.8, 4) is 0 Å². The van der Waals surface area contributed by atoms with Crippen molar-refractivity contribution in [3.63, 3.8) is 0 Å². The summed E-state index contributed by atoms with van der Waals surface area (Å²) in [7, 11) is 0. The van der Waals surface area contributed by atoms with Gasteiger partial charge in [0.2, 0.25) is 0 Å². The fraction of sp³-hybridized carbons (Fsp3) is 0.250. The first-order valence-electron chi connectivity index (χ1n) is 10.1. The van der Waals surface area contributed by atoms with Crippen LogP contribution in [0.25, 0.3) is 0 Å². The SMILES string of the molecule is CCOCCOCc1cccc(NC(=O)c2ccc(CNC(=O)c3cccs3)cc2)c1. The zero-order chi connectivity index (χ0) is 21.9. The van der Waals surface area contributed by atoms with Gasteiger partial charge in [0.25, 0.3) is 11.8 Å². The van der Waals surface area contributed by atoms with Crippen LogP contribution >= 0.6 is 11.3 Å². The molecule has 2 amide bonds. The molecule has 3 rings (SSSR count). The number of carbonyl (C=O) groups is 2. The van der Waals surface area contributed by atoms with Crippen molar-refractivity contribution in [2.75, 3.05) is 25.1 Å². The van der Waals surface area contributed by atoms with E-state index in [1.165, 1.54) is 11.3 Å². The van der Waals surface area contributed by atoms with E-state index in [4.69, 9.17) is 9.47 Å². The molecule has 1 heterocycles. The lowest BCUT2D eigenvalue weighted by molar-refractivity contribution is 0.0453. The molecule has 0 unspecified atom stereocenters. The molecule has 3 aromatic rings. The van der Waals surface area contributed by atoms with Gasteiger partial charge in [-0.1, -0.05) is 30.3 Å². The highest BCUT2D eigenvalue weighted by Gasteiger charge is 2.08. The van der Waals surface area contributed by atoms with Crippen molar-refractivity contribution in [1.29, 1.82) is 0 Å². The fourth-order valence-electron chi connectivity index (χ4n) is 2.85. The zero-order valence-corrected chi connectivity index (χ0v) is 18.2. The highest BCUT2D eigenvalue weighted by molar-refractivity contribution is 7.12. The maximum Gasteiger partial charge on any atom is 0.261 e. The standard InChI is InChI=1S/C24H26N2O4S/c1-2-29-12-13-30-17-19-5-3-6-21(15-19)26-23(27)20-10-8-18(9-11-20)16-25-24(28)22-7-4-14-31-22/h3-11,14-15H,2,12-13,16-17H2,1H3,(H,25,28)(H,26,27). The van der Waals surface area contributed by atoms with Gasteiger partial charge in [-0.3, -0.25) is 9.59 Å². The zero-order valence-electron chi connectivity index (χ0n) is 17.4. The molecule has 0 radical (unpaired) electrons. The first kappa shape index (κ1) is 22.7. The van der Waals surface area contributed by atoms with Crippen LogP contribution in [0.2, 0.25) is 0 Å². The van der Waals surface area contributed by atoms with Crippen LogP contribution in [-0.4, -0.2) is 31.6 Å². The molecule has 31 heavy (non-hydrogen) atoms. The molecule has 0 spiro atoms. The summed E-state index contributed by atoms with van der Waals surface area (Å²) >= 11 is 1.40. The predicted molar refractivity (Wildman–Crippen MR) is 122 cm³/mol. The Labute approximate surface area is 186 Å². The van der Waals surface area contributed by atoms with E-state index in [9.17, 15) is 9.59 Å². The van der Waals surface area contributed by atoms with Gasteiger partial charge in [0.05, 0.1) is 24.7 Å². The average Bonchev–Trinajstić information content (AvgIpc) is 3.33. The molecule has 0 aliphatic carbocycles. The third-order valence-corrected chi connectivity index (χ3v) is 5.31. The van der Waals surface area contributed by atoms with Gasteiger partial charge in [0.15, 0.2) is 0 Å². The van der Waals surface area contributed by atoms with Crippen molar-refractivity contribution in [1.82, 2.24) is 5.32 Å². The molecule has 0 atom stereocenters. The van der Waals surface area contributed by atoms with Gasteiger partial charge in [-0.25, -0.2) is 0 Å². The summed E-state index contributed by atoms with van der Waals surface area (Å²) in [4.78, 5) is 25.3. The number of nitrogens with one attached hydrogen (secondary N) is 2. The lowest BCUT2D eigenvalue weighted by Gasteiger charge is -2.09. The van der Waals surface area contributed by atoms with E-state index in [1.807, 2.05) is 54.8 Å². The molecular weight excluding hydrogens is 412 g/mol. The molecule has 0 fully saturated rings. The van der Waals surface area contributed by atoms with Crippen molar-refractivity contribution in [3.05, 3.63) is 87.6 Å². The van der Waals surface area contributed by atoms with E-state index in [-0.39, 0.29) is 11.8 Å². The Bertz CT molecular complexity index is 972. The monoisotopic (exact) mass is 438 g/mol. The quantitative estimate of drug-likeness (QED) is 0.433. The summed E-state index contributed by atoms with van der Waals surface area (Å²) in [6, 6.07) is 18.4. The molecule has 2 aromatic carbocycles. The number of benzene rings is 2. The Balaban J connectivity index is 1.49. The number of hydrogen-bond acceptors (Lipinski definition) is 5. The van der Waals surface area contributed by atoms with Crippen LogP contribution in [-0.2, 0) is 22.6 Å². The van der Waals surface area contributed by atoms with Gasteiger partial charge >= 0.3 is 0 Å². The summed E-state index contributed by atoms with van der Waals surface area (Å²) < 4.78 is 10.8. The molecule has 0 saturated heterocycles. The number of amides is 2. The summed E-state index contributed by atoms with van der Waals surface area (Å²) in [6.45, 7) is 4.59. The van der Waals surface area contributed by atoms with Crippen LogP contribution in [0.1, 0.15) is 38.1 Å². The van der Waals surface area contributed by atoms with Crippen molar-refractivity contribution < 1.29 is 19.1 Å². The molecule has 162 valence electrons. The molecule has 7 heteroatoms. The maximum atomic E-state index is 12.6. The van der Waals surface area contributed by atoms with E-state index < -0.39 is 0 Å². The Kier molecular flexibility index (Phi) is 8.78. The van der Waals surface area contributed by atoms with Crippen molar-refractivity contribution in [2.45, 2.75) is 20.1 Å². The molecule has 1 aromatic heterocycles. The average molecular weight is 439 g/mol. The largest absolute Gasteiger partial charge is 0.379 e. The molecule has 2 N–H and O–H groups in total. The Morgan fingerprint density at radius 2 is 1.71 bits per heavy atom. The highest BCUT2D eigenvalue weighted by Crippen LogP contribution is 2.14. The van der Waals surface area contributed by atoms with Gasteiger partial charge in [0.1, 0.15) is 0 Å². The topological polar surface area (TPSA) is 76.7 Å². The highest BCUT2D eigenvalue weighted by atomic mass is 32.1. The van der Waals surface area contributed by atoms with Crippen LogP contribution < -0.4 is 10.6 Å². The lowest BCUT2D eigenvalue weighted by atomic mass is 10.1. The summed E-state index contributed by atoms with van der Waals surface area (Å²) in [5.41, 5.74) is 3.16. The smallest absolute Gasteiger partial charge is 0.261 e. The number of ether oxygens (including phenoxy) is 2. The van der Waals surface area contributed by atoms with Crippen LogP contribution in [0.5, 0.6) is 0 Å². The van der Waals surface area contributed by atoms with E-state index >= 15 is 0 Å². The van der Waals surface area contributed by atoms with Gasteiger partial charge in [-0.05, 0) is 53.8 Å². The predicted octanol–water partition coefficient (Wildman–Crippen LogP) is 4.48. The third-order valence-electron chi connectivity index (χ3n) is 4.44. The van der Waals surface area contributed by atoms with E-state index in [0.29, 0.717) is 49.1 Å². The minimum absolute atomic E-state index is 0.0985. The maximum absolute atomic E-state index is 12.6.